The fourth-order valence-electron chi connectivity index (χ4n) is 6.48. The highest BCUT2D eigenvalue weighted by molar-refractivity contribution is 14.1. The summed E-state index contributed by atoms with van der Waals surface area (Å²) in [6.45, 7) is 2.33. The third-order valence-electron chi connectivity index (χ3n) is 8.26. The second kappa shape index (κ2) is 8.82. The molecule has 1 amide bonds. The largest absolute Gasteiger partial charge is 0.508 e. The van der Waals surface area contributed by atoms with Crippen LogP contribution in [0, 0.1) is 21.3 Å². The van der Waals surface area contributed by atoms with Gasteiger partial charge < -0.3 is 26.2 Å². The average Bonchev–Trinajstić information content (AvgIpc) is 2.80. The van der Waals surface area contributed by atoms with Crippen molar-refractivity contribution >= 4 is 40.1 Å². The molecule has 188 valence electrons. The van der Waals surface area contributed by atoms with Crippen molar-refractivity contribution in [1.82, 2.24) is 4.90 Å². The van der Waals surface area contributed by atoms with Gasteiger partial charge in [-0.05, 0) is 85.3 Å². The van der Waals surface area contributed by atoms with E-state index in [1.54, 1.807) is 0 Å². The third-order valence-corrected chi connectivity index (χ3v) is 9.22. The van der Waals surface area contributed by atoms with Crippen LogP contribution in [0.3, 0.4) is 0 Å². The molecule has 0 spiro atoms. The number of ketones is 2. The number of hydrogen-bond acceptors (Lipinski definition) is 8. The Labute approximate surface area is 216 Å². The second-order valence-electron chi connectivity index (χ2n) is 10.3. The number of rotatable bonds is 3. The number of phenolic OH excluding ortho intramolecular Hbond substituents is 1. The van der Waals surface area contributed by atoms with Gasteiger partial charge in [0, 0.05) is 27.2 Å². The number of hydrogen-bond donors (Lipinski definition) is 5. The number of aliphatic hydroxyl groups is 3. The van der Waals surface area contributed by atoms with Crippen molar-refractivity contribution in [2.24, 2.45) is 23.5 Å². The lowest BCUT2D eigenvalue weighted by Gasteiger charge is -2.48. The van der Waals surface area contributed by atoms with Crippen LogP contribution >= 0.6 is 22.6 Å². The van der Waals surface area contributed by atoms with E-state index in [9.17, 15) is 34.8 Å². The van der Waals surface area contributed by atoms with E-state index in [1.807, 2.05) is 6.07 Å². The summed E-state index contributed by atoms with van der Waals surface area (Å²) in [5.41, 5.74) is 4.11. The predicted molar refractivity (Wildman–Crippen MR) is 133 cm³/mol. The number of piperidine rings is 1. The summed E-state index contributed by atoms with van der Waals surface area (Å²) in [5, 5.41) is 44.1. The smallest absolute Gasteiger partial charge is 0.230 e. The summed E-state index contributed by atoms with van der Waals surface area (Å²) in [5.74, 6) is -6.76. The van der Waals surface area contributed by atoms with E-state index >= 15 is 0 Å². The molecule has 35 heavy (non-hydrogen) atoms. The number of aromatic hydroxyl groups is 1. The average molecular weight is 596 g/mol. The van der Waals surface area contributed by atoms with Gasteiger partial charge in [-0.2, -0.15) is 0 Å². The minimum Gasteiger partial charge on any atom is -0.508 e. The molecular formula is C25H29IN2O7. The fraction of sp³-hybridized carbons (Fsp3) is 0.560. The Balaban J connectivity index is 1.58. The quantitative estimate of drug-likeness (QED) is 0.258. The fourth-order valence-corrected chi connectivity index (χ4v) is 7.35. The molecule has 0 radical (unpaired) electrons. The van der Waals surface area contributed by atoms with Gasteiger partial charge in [-0.15, -0.1) is 0 Å². The summed E-state index contributed by atoms with van der Waals surface area (Å²) in [6, 6.07) is 1.90. The van der Waals surface area contributed by atoms with Crippen molar-refractivity contribution in [2.45, 2.75) is 56.8 Å². The molecule has 2 unspecified atom stereocenters. The number of likely N-dealkylation sites (tertiary alicyclic amines) is 1. The zero-order valence-electron chi connectivity index (χ0n) is 19.2. The van der Waals surface area contributed by atoms with E-state index in [0.29, 0.717) is 24.1 Å². The topological polar surface area (TPSA) is 161 Å². The van der Waals surface area contributed by atoms with E-state index in [-0.39, 0.29) is 29.7 Å². The van der Waals surface area contributed by atoms with Crippen LogP contribution in [0.25, 0.3) is 0 Å². The van der Waals surface area contributed by atoms with Crippen molar-refractivity contribution in [3.8, 4) is 5.75 Å². The van der Waals surface area contributed by atoms with Gasteiger partial charge in [-0.25, -0.2) is 0 Å². The number of nitrogens with zero attached hydrogens (tertiary/aromatic N) is 1. The Kier molecular flexibility index (Phi) is 6.22. The molecule has 1 heterocycles. The van der Waals surface area contributed by atoms with E-state index in [2.05, 4.69) is 27.5 Å². The molecule has 6 N–H and O–H groups in total. The molecule has 1 aromatic carbocycles. The van der Waals surface area contributed by atoms with Crippen LogP contribution in [0.15, 0.2) is 17.4 Å². The van der Waals surface area contributed by atoms with Crippen molar-refractivity contribution < 1.29 is 34.8 Å². The first-order chi connectivity index (χ1) is 16.6. The molecule has 3 aliphatic carbocycles. The molecule has 1 aliphatic heterocycles. The maximum atomic E-state index is 13.7. The van der Waals surface area contributed by atoms with Gasteiger partial charge in [0.1, 0.15) is 17.4 Å². The third kappa shape index (κ3) is 3.71. The molecule has 10 heteroatoms. The lowest BCUT2D eigenvalue weighted by atomic mass is 9.58. The minimum atomic E-state index is -2.48. The van der Waals surface area contributed by atoms with Gasteiger partial charge in [0.05, 0.1) is 11.7 Å². The summed E-state index contributed by atoms with van der Waals surface area (Å²) >= 11 is 2.16. The number of primary amides is 1. The highest BCUT2D eigenvalue weighted by Crippen LogP contribution is 2.52. The Hall–Kier alpha value is -2.02. The number of amides is 1. The van der Waals surface area contributed by atoms with Gasteiger partial charge in [-0.3, -0.25) is 19.3 Å². The molecule has 2 fully saturated rings. The zero-order valence-corrected chi connectivity index (χ0v) is 21.3. The van der Waals surface area contributed by atoms with Gasteiger partial charge in [0.25, 0.3) is 0 Å². The van der Waals surface area contributed by atoms with Crippen LogP contribution in [0.2, 0.25) is 0 Å². The molecule has 0 bridgehead atoms. The number of carbonyl (C=O) groups is 3. The highest BCUT2D eigenvalue weighted by atomic mass is 127. The second-order valence-corrected chi connectivity index (χ2v) is 11.5. The number of fused-ring (bicyclic) bond motifs is 3. The number of Topliss-reactive ketones (excluding diaryl/α,β-unsaturated/α-hetero) is 2. The summed E-state index contributed by atoms with van der Waals surface area (Å²) in [7, 11) is 0. The van der Waals surface area contributed by atoms with E-state index < -0.39 is 52.7 Å². The van der Waals surface area contributed by atoms with Crippen LogP contribution in [0.5, 0.6) is 5.75 Å². The number of nitrogens with two attached hydrogens (primary N) is 1. The molecule has 5 rings (SSSR count). The van der Waals surface area contributed by atoms with Crippen LogP contribution in [-0.4, -0.2) is 67.6 Å². The lowest BCUT2D eigenvalue weighted by molar-refractivity contribution is -0.167. The maximum Gasteiger partial charge on any atom is 0.230 e. The Morgan fingerprint density at radius 3 is 2.51 bits per heavy atom. The molecule has 5 atom stereocenters. The Morgan fingerprint density at radius 1 is 1.17 bits per heavy atom. The van der Waals surface area contributed by atoms with Crippen LogP contribution in [0.1, 0.15) is 53.6 Å². The van der Waals surface area contributed by atoms with Crippen molar-refractivity contribution in [1.29, 1.82) is 0 Å². The first-order valence-electron chi connectivity index (χ1n) is 12.0. The number of allylic oxidation sites excluding steroid dienone is 1. The molecule has 1 saturated carbocycles. The molecule has 9 nitrogen and oxygen atoms in total. The first kappa shape index (κ1) is 24.7. The standard InChI is InChI=1S/C25H29IN2O7/c26-15-8-12(10-28-4-2-1-3-5-28)20(30)18-14(15)7-11-6-13-9-16(29)19(24(27)34)23(33)25(13,35)22(32)17(11)21(18)31/h8,11,13,16,19,29-30,32,35H,1-7,9-10H2,(H2,27,34)/t11-,13+,16?,19?,25+/m1/s1. The Morgan fingerprint density at radius 2 is 1.86 bits per heavy atom. The minimum absolute atomic E-state index is 0.0958. The summed E-state index contributed by atoms with van der Waals surface area (Å²) in [6.07, 6.45) is 2.37. The van der Waals surface area contributed by atoms with Gasteiger partial charge >= 0.3 is 0 Å². The molecule has 1 aromatic rings. The Bertz CT molecular complexity index is 1160. The molecule has 4 aliphatic rings. The SMILES string of the molecule is NC(=O)C1C(=O)[C@@]2(O)C(O)=C3C(=O)c4c(O)c(CN5CCCCC5)cc(I)c4C[C@H]3C[C@H]2CC1O. The van der Waals surface area contributed by atoms with Gasteiger partial charge in [0.2, 0.25) is 5.91 Å². The molecule has 1 saturated heterocycles. The van der Waals surface area contributed by atoms with Crippen LogP contribution < -0.4 is 5.73 Å². The molecule has 0 aromatic heterocycles. The summed E-state index contributed by atoms with van der Waals surface area (Å²) in [4.78, 5) is 40.9. The first-order valence-corrected chi connectivity index (χ1v) is 13.1. The van der Waals surface area contributed by atoms with E-state index in [0.717, 1.165) is 29.5 Å². The maximum absolute atomic E-state index is 13.7. The lowest BCUT2D eigenvalue weighted by Crippen LogP contribution is -2.63. The monoisotopic (exact) mass is 596 g/mol. The van der Waals surface area contributed by atoms with Crippen molar-refractivity contribution in [2.75, 3.05) is 13.1 Å². The number of benzene rings is 1. The van der Waals surface area contributed by atoms with Gasteiger partial charge in [0.15, 0.2) is 17.2 Å². The number of phenols is 1. The van der Waals surface area contributed by atoms with E-state index in [1.165, 1.54) is 6.42 Å². The van der Waals surface area contributed by atoms with Crippen LogP contribution in [0.4, 0.5) is 0 Å². The predicted octanol–water partition coefficient (Wildman–Crippen LogP) is 1.34. The number of aliphatic hydroxyl groups excluding tert-OH is 2. The number of halogens is 1. The van der Waals surface area contributed by atoms with Gasteiger partial charge in [-0.1, -0.05) is 6.42 Å². The summed E-state index contributed by atoms with van der Waals surface area (Å²) < 4.78 is 0.837. The van der Waals surface area contributed by atoms with Crippen LogP contribution in [-0.2, 0) is 22.6 Å². The normalized spacial score (nSPS) is 33.2. The van der Waals surface area contributed by atoms with E-state index in [4.69, 9.17) is 5.73 Å². The van der Waals surface area contributed by atoms with Crippen molar-refractivity contribution in [3.63, 3.8) is 0 Å². The zero-order chi connectivity index (χ0) is 25.2. The van der Waals surface area contributed by atoms with Crippen molar-refractivity contribution in [3.05, 3.63) is 37.7 Å². The highest BCUT2D eigenvalue weighted by Gasteiger charge is 2.62. The molecular weight excluding hydrogens is 567 g/mol. The number of carbonyl (C=O) groups excluding carboxylic acids is 3.